The number of nitro groups is 1. The van der Waals surface area contributed by atoms with Gasteiger partial charge in [0.05, 0.1) is 4.92 Å². The lowest BCUT2D eigenvalue weighted by atomic mass is 10.1. The molecular weight excluding hydrogens is 244 g/mol. The van der Waals surface area contributed by atoms with Gasteiger partial charge in [0.25, 0.3) is 5.69 Å². The number of benzene rings is 1. The van der Waals surface area contributed by atoms with Crippen molar-refractivity contribution >= 4 is 5.69 Å². The highest BCUT2D eigenvalue weighted by Crippen LogP contribution is 2.13. The van der Waals surface area contributed by atoms with Gasteiger partial charge in [0.2, 0.25) is 0 Å². The van der Waals surface area contributed by atoms with Gasteiger partial charge in [-0.25, -0.2) is 0 Å². The van der Waals surface area contributed by atoms with Crippen molar-refractivity contribution in [3.05, 3.63) is 39.9 Å². The Hall–Kier alpha value is -1.50. The first-order valence-electron chi connectivity index (χ1n) is 6.64. The van der Waals surface area contributed by atoms with Crippen LogP contribution in [0.4, 0.5) is 5.69 Å². The van der Waals surface area contributed by atoms with Crippen LogP contribution in [0.1, 0.15) is 5.56 Å². The summed E-state index contributed by atoms with van der Waals surface area (Å²) in [6.45, 7) is 4.79. The summed E-state index contributed by atoms with van der Waals surface area (Å²) in [5.74, 6) is 0. The van der Waals surface area contributed by atoms with Crippen molar-refractivity contribution in [2.24, 2.45) is 0 Å². The number of rotatable bonds is 3. The SMILES string of the molecule is O=[N+]([O-])c1ccc(C[C@H]2CNCCNCCN2)cc1. The van der Waals surface area contributed by atoms with E-state index < -0.39 is 0 Å². The van der Waals surface area contributed by atoms with Crippen molar-refractivity contribution in [3.8, 4) is 0 Å². The average molecular weight is 264 g/mol. The van der Waals surface area contributed by atoms with E-state index in [4.69, 9.17) is 0 Å². The van der Waals surface area contributed by atoms with Crippen molar-refractivity contribution in [3.63, 3.8) is 0 Å². The fourth-order valence-electron chi connectivity index (χ4n) is 2.20. The van der Waals surface area contributed by atoms with Crippen molar-refractivity contribution < 1.29 is 4.92 Å². The molecule has 1 aromatic carbocycles. The van der Waals surface area contributed by atoms with Crippen molar-refractivity contribution in [1.29, 1.82) is 0 Å². The first-order valence-corrected chi connectivity index (χ1v) is 6.64. The van der Waals surface area contributed by atoms with Crippen LogP contribution in [0.2, 0.25) is 0 Å². The van der Waals surface area contributed by atoms with E-state index >= 15 is 0 Å². The Kier molecular flexibility index (Phi) is 5.26. The van der Waals surface area contributed by atoms with Crippen LogP contribution < -0.4 is 16.0 Å². The highest BCUT2D eigenvalue weighted by atomic mass is 16.6. The molecular formula is C13H20N4O2. The number of nitro benzene ring substituents is 1. The van der Waals surface area contributed by atoms with Crippen LogP contribution in [0, 0.1) is 10.1 Å². The normalized spacial score (nSPS) is 21.2. The molecule has 6 heteroatoms. The second kappa shape index (κ2) is 7.18. The lowest BCUT2D eigenvalue weighted by molar-refractivity contribution is -0.384. The van der Waals surface area contributed by atoms with Crippen molar-refractivity contribution in [2.75, 3.05) is 32.7 Å². The van der Waals surface area contributed by atoms with Gasteiger partial charge in [0, 0.05) is 50.9 Å². The monoisotopic (exact) mass is 264 g/mol. The molecule has 0 amide bonds. The molecule has 1 atom stereocenters. The van der Waals surface area contributed by atoms with Gasteiger partial charge in [-0.15, -0.1) is 0 Å². The van der Waals surface area contributed by atoms with E-state index in [1.54, 1.807) is 12.1 Å². The highest BCUT2D eigenvalue weighted by Gasteiger charge is 2.11. The second-order valence-electron chi connectivity index (χ2n) is 4.73. The molecule has 1 saturated heterocycles. The van der Waals surface area contributed by atoms with Crippen LogP contribution in [-0.2, 0) is 6.42 Å². The van der Waals surface area contributed by atoms with Crippen molar-refractivity contribution in [2.45, 2.75) is 12.5 Å². The number of non-ortho nitro benzene ring substituents is 1. The average Bonchev–Trinajstić information content (AvgIpc) is 2.53. The molecule has 0 bridgehead atoms. The second-order valence-corrected chi connectivity index (χ2v) is 4.73. The molecule has 0 aliphatic carbocycles. The standard InChI is InChI=1S/C13H20N4O2/c18-17(19)13-3-1-11(2-4-13)9-12-10-15-6-5-14-7-8-16-12/h1-4,12,14-16H,5-10H2/t12-/m0/s1. The van der Waals surface area contributed by atoms with Gasteiger partial charge in [-0.1, -0.05) is 12.1 Å². The minimum absolute atomic E-state index is 0.147. The number of hydrogen-bond donors (Lipinski definition) is 3. The van der Waals surface area contributed by atoms with E-state index in [2.05, 4.69) is 16.0 Å². The molecule has 1 heterocycles. The third-order valence-electron chi connectivity index (χ3n) is 3.23. The van der Waals surface area contributed by atoms with Crippen LogP contribution in [0.15, 0.2) is 24.3 Å². The molecule has 2 rings (SSSR count). The Morgan fingerprint density at radius 2 is 1.79 bits per heavy atom. The number of nitrogens with zero attached hydrogens (tertiary/aromatic N) is 1. The van der Waals surface area contributed by atoms with Crippen LogP contribution in [0.3, 0.4) is 0 Å². The summed E-state index contributed by atoms with van der Waals surface area (Å²) in [6.07, 6.45) is 0.880. The zero-order valence-electron chi connectivity index (χ0n) is 10.9. The van der Waals surface area contributed by atoms with E-state index in [1.807, 2.05) is 12.1 Å². The lowest BCUT2D eigenvalue weighted by Crippen LogP contribution is -2.41. The molecule has 1 aromatic rings. The third-order valence-corrected chi connectivity index (χ3v) is 3.23. The maximum atomic E-state index is 10.6. The Morgan fingerprint density at radius 3 is 2.53 bits per heavy atom. The van der Waals surface area contributed by atoms with Gasteiger partial charge in [0.15, 0.2) is 0 Å². The summed E-state index contributed by atoms with van der Waals surface area (Å²) < 4.78 is 0. The predicted octanol–water partition coefficient (Wildman–Crippen LogP) is 0.288. The molecule has 1 aliphatic heterocycles. The molecule has 0 aromatic heterocycles. The highest BCUT2D eigenvalue weighted by molar-refractivity contribution is 5.33. The fraction of sp³-hybridized carbons (Fsp3) is 0.538. The molecule has 104 valence electrons. The molecule has 0 unspecified atom stereocenters. The van der Waals surface area contributed by atoms with Crippen LogP contribution in [0.5, 0.6) is 0 Å². The summed E-state index contributed by atoms with van der Waals surface area (Å²) in [4.78, 5) is 10.2. The summed E-state index contributed by atoms with van der Waals surface area (Å²) >= 11 is 0. The Morgan fingerprint density at radius 1 is 1.11 bits per heavy atom. The third kappa shape index (κ3) is 4.59. The van der Waals surface area contributed by atoms with Gasteiger partial charge >= 0.3 is 0 Å². The maximum absolute atomic E-state index is 10.6. The number of hydrogen-bond acceptors (Lipinski definition) is 5. The molecule has 1 aliphatic rings. The molecule has 0 radical (unpaired) electrons. The van der Waals surface area contributed by atoms with Gasteiger partial charge in [0.1, 0.15) is 0 Å². The summed E-state index contributed by atoms with van der Waals surface area (Å²) in [5, 5.41) is 20.8. The zero-order valence-corrected chi connectivity index (χ0v) is 10.9. The Balaban J connectivity index is 1.92. The molecule has 6 nitrogen and oxygen atoms in total. The minimum Gasteiger partial charge on any atom is -0.314 e. The van der Waals surface area contributed by atoms with E-state index in [1.165, 1.54) is 0 Å². The molecule has 0 spiro atoms. The molecule has 19 heavy (non-hydrogen) atoms. The largest absolute Gasteiger partial charge is 0.314 e. The van der Waals surface area contributed by atoms with Crippen LogP contribution >= 0.6 is 0 Å². The summed E-state index contributed by atoms with van der Waals surface area (Å²) in [7, 11) is 0. The van der Waals surface area contributed by atoms with E-state index in [9.17, 15) is 10.1 Å². The van der Waals surface area contributed by atoms with Crippen LogP contribution in [0.25, 0.3) is 0 Å². The summed E-state index contributed by atoms with van der Waals surface area (Å²) in [5.41, 5.74) is 1.27. The first-order chi connectivity index (χ1) is 9.25. The van der Waals surface area contributed by atoms with Gasteiger partial charge in [-0.05, 0) is 12.0 Å². The van der Waals surface area contributed by atoms with E-state index in [-0.39, 0.29) is 10.6 Å². The predicted molar refractivity (Wildman–Crippen MR) is 74.3 cm³/mol. The quantitative estimate of drug-likeness (QED) is 0.540. The van der Waals surface area contributed by atoms with Crippen LogP contribution in [-0.4, -0.2) is 43.7 Å². The molecule has 3 N–H and O–H groups in total. The van der Waals surface area contributed by atoms with Crippen molar-refractivity contribution in [1.82, 2.24) is 16.0 Å². The lowest BCUT2D eigenvalue weighted by Gasteiger charge is -2.18. The van der Waals surface area contributed by atoms with Gasteiger partial charge in [-0.2, -0.15) is 0 Å². The fourth-order valence-corrected chi connectivity index (χ4v) is 2.20. The summed E-state index contributed by atoms with van der Waals surface area (Å²) in [6, 6.07) is 7.18. The minimum atomic E-state index is -0.366. The van der Waals surface area contributed by atoms with E-state index in [0.29, 0.717) is 6.04 Å². The Labute approximate surface area is 112 Å². The smallest absolute Gasteiger partial charge is 0.269 e. The Bertz CT molecular complexity index is 398. The maximum Gasteiger partial charge on any atom is 0.269 e. The van der Waals surface area contributed by atoms with Gasteiger partial charge < -0.3 is 16.0 Å². The topological polar surface area (TPSA) is 79.2 Å². The molecule has 1 fully saturated rings. The van der Waals surface area contributed by atoms with E-state index in [0.717, 1.165) is 44.7 Å². The number of nitrogens with one attached hydrogen (secondary N) is 3. The zero-order chi connectivity index (χ0) is 13.5. The molecule has 0 saturated carbocycles. The van der Waals surface area contributed by atoms with Gasteiger partial charge in [-0.3, -0.25) is 10.1 Å². The first kappa shape index (κ1) is 13.9.